The molecule has 1 saturated carbocycles. The molecule has 0 radical (unpaired) electrons. The summed E-state index contributed by atoms with van der Waals surface area (Å²) in [5.41, 5.74) is 1.36. The van der Waals surface area contributed by atoms with Gasteiger partial charge in [-0.2, -0.15) is 0 Å². The Balaban J connectivity index is 2.10. The summed E-state index contributed by atoms with van der Waals surface area (Å²) >= 11 is 3.70. The minimum atomic E-state index is 0.448. The third-order valence-electron chi connectivity index (χ3n) is 4.33. The summed E-state index contributed by atoms with van der Waals surface area (Å²) in [6.45, 7) is 3.20. The monoisotopic (exact) mass is 339 g/mol. The zero-order valence-corrected chi connectivity index (χ0v) is 14.2. The molecule has 1 aliphatic carbocycles. The van der Waals surface area contributed by atoms with Crippen LogP contribution in [-0.4, -0.2) is 13.7 Å². The molecular weight excluding hydrogens is 314 g/mol. The van der Waals surface area contributed by atoms with Gasteiger partial charge in [-0.05, 0) is 36.6 Å². The summed E-state index contributed by atoms with van der Waals surface area (Å²) < 4.78 is 6.44. The molecule has 0 heterocycles. The van der Waals surface area contributed by atoms with Gasteiger partial charge in [0.25, 0.3) is 0 Å². The van der Waals surface area contributed by atoms with Crippen molar-refractivity contribution in [2.75, 3.05) is 13.7 Å². The molecule has 0 amide bonds. The maximum atomic E-state index is 5.29. The van der Waals surface area contributed by atoms with E-state index in [9.17, 15) is 0 Å². The van der Waals surface area contributed by atoms with E-state index in [0.29, 0.717) is 6.04 Å². The highest BCUT2D eigenvalue weighted by atomic mass is 79.9. The average Bonchev–Trinajstić information content (AvgIpc) is 2.48. The number of ether oxygens (including phenoxy) is 1. The number of halogens is 1. The molecule has 0 aliphatic heterocycles. The van der Waals surface area contributed by atoms with Crippen molar-refractivity contribution in [1.29, 1.82) is 0 Å². The molecule has 112 valence electrons. The second-order valence-electron chi connectivity index (χ2n) is 5.74. The third kappa shape index (κ3) is 4.23. The molecule has 3 heteroatoms. The molecule has 0 spiro atoms. The molecule has 2 rings (SSSR count). The van der Waals surface area contributed by atoms with Crippen molar-refractivity contribution in [1.82, 2.24) is 5.32 Å². The van der Waals surface area contributed by atoms with Crippen molar-refractivity contribution >= 4 is 15.9 Å². The summed E-state index contributed by atoms with van der Waals surface area (Å²) in [7, 11) is 1.71. The Morgan fingerprint density at radius 2 is 2.05 bits per heavy atom. The minimum absolute atomic E-state index is 0.448. The van der Waals surface area contributed by atoms with Crippen molar-refractivity contribution in [3.63, 3.8) is 0 Å². The number of nitrogens with one attached hydrogen (secondary N) is 1. The van der Waals surface area contributed by atoms with E-state index >= 15 is 0 Å². The average molecular weight is 340 g/mol. The van der Waals surface area contributed by atoms with Crippen LogP contribution in [0.4, 0.5) is 0 Å². The molecule has 1 fully saturated rings. The highest BCUT2D eigenvalue weighted by Gasteiger charge is 2.21. The molecule has 1 aromatic carbocycles. The van der Waals surface area contributed by atoms with Crippen LogP contribution in [0.3, 0.4) is 0 Å². The number of rotatable bonds is 6. The van der Waals surface area contributed by atoms with Crippen molar-refractivity contribution < 1.29 is 4.74 Å². The van der Waals surface area contributed by atoms with E-state index in [2.05, 4.69) is 46.4 Å². The minimum Gasteiger partial charge on any atom is -0.497 e. The molecule has 0 bridgehead atoms. The van der Waals surface area contributed by atoms with Crippen LogP contribution >= 0.6 is 15.9 Å². The Morgan fingerprint density at radius 3 is 2.65 bits per heavy atom. The number of methoxy groups -OCH3 is 1. The Labute approximate surface area is 131 Å². The van der Waals surface area contributed by atoms with Gasteiger partial charge in [0.15, 0.2) is 0 Å². The van der Waals surface area contributed by atoms with Crippen molar-refractivity contribution in [3.05, 3.63) is 28.2 Å². The first-order chi connectivity index (χ1) is 9.74. The van der Waals surface area contributed by atoms with Crippen LogP contribution < -0.4 is 10.1 Å². The van der Waals surface area contributed by atoms with Crippen LogP contribution in [0.5, 0.6) is 5.75 Å². The lowest BCUT2D eigenvalue weighted by Crippen LogP contribution is -2.24. The van der Waals surface area contributed by atoms with Crippen LogP contribution in [-0.2, 0) is 0 Å². The van der Waals surface area contributed by atoms with E-state index in [-0.39, 0.29) is 0 Å². The SMILES string of the molecule is CCNC(CC1CCCCC1)c1ccc(OC)cc1Br. The summed E-state index contributed by atoms with van der Waals surface area (Å²) in [4.78, 5) is 0. The molecular formula is C17H26BrNO. The van der Waals surface area contributed by atoms with Gasteiger partial charge < -0.3 is 10.1 Å². The molecule has 1 aliphatic rings. The van der Waals surface area contributed by atoms with Crippen LogP contribution in [0.2, 0.25) is 0 Å². The van der Waals surface area contributed by atoms with E-state index in [0.717, 1.165) is 22.7 Å². The Bertz CT molecular complexity index is 415. The number of hydrogen-bond donors (Lipinski definition) is 1. The lowest BCUT2D eigenvalue weighted by molar-refractivity contribution is 0.301. The smallest absolute Gasteiger partial charge is 0.120 e. The van der Waals surface area contributed by atoms with E-state index in [1.165, 1.54) is 44.1 Å². The molecule has 0 aromatic heterocycles. The Morgan fingerprint density at radius 1 is 1.30 bits per heavy atom. The van der Waals surface area contributed by atoms with Gasteiger partial charge in [-0.15, -0.1) is 0 Å². The fraction of sp³-hybridized carbons (Fsp3) is 0.647. The van der Waals surface area contributed by atoms with E-state index < -0.39 is 0 Å². The van der Waals surface area contributed by atoms with E-state index in [1.807, 2.05) is 0 Å². The first kappa shape index (κ1) is 15.8. The second-order valence-corrected chi connectivity index (χ2v) is 6.59. The van der Waals surface area contributed by atoms with Crippen LogP contribution in [0.15, 0.2) is 22.7 Å². The normalized spacial score (nSPS) is 17.9. The van der Waals surface area contributed by atoms with Gasteiger partial charge in [-0.25, -0.2) is 0 Å². The van der Waals surface area contributed by atoms with Crippen LogP contribution in [0.1, 0.15) is 57.1 Å². The predicted octanol–water partition coefficient (Wildman–Crippen LogP) is 5.08. The van der Waals surface area contributed by atoms with E-state index in [4.69, 9.17) is 4.74 Å². The van der Waals surface area contributed by atoms with Gasteiger partial charge in [0.2, 0.25) is 0 Å². The van der Waals surface area contributed by atoms with Gasteiger partial charge in [0.05, 0.1) is 7.11 Å². The zero-order valence-electron chi connectivity index (χ0n) is 12.6. The maximum Gasteiger partial charge on any atom is 0.120 e. The molecule has 1 unspecified atom stereocenters. The largest absolute Gasteiger partial charge is 0.497 e. The summed E-state index contributed by atoms with van der Waals surface area (Å²) in [5.74, 6) is 1.79. The van der Waals surface area contributed by atoms with Crippen molar-refractivity contribution in [2.45, 2.75) is 51.5 Å². The fourth-order valence-corrected chi connectivity index (χ4v) is 3.87. The number of benzene rings is 1. The standard InChI is InChI=1S/C17H26BrNO/c1-3-19-17(11-13-7-5-4-6-8-13)15-10-9-14(20-2)12-16(15)18/h9-10,12-13,17,19H,3-8,11H2,1-2H3. The van der Waals surface area contributed by atoms with E-state index in [1.54, 1.807) is 7.11 Å². The summed E-state index contributed by atoms with van der Waals surface area (Å²) in [6.07, 6.45) is 8.29. The van der Waals surface area contributed by atoms with Gasteiger partial charge >= 0.3 is 0 Å². The maximum absolute atomic E-state index is 5.29. The fourth-order valence-electron chi connectivity index (χ4n) is 3.24. The van der Waals surface area contributed by atoms with Gasteiger partial charge in [-0.3, -0.25) is 0 Å². The van der Waals surface area contributed by atoms with Gasteiger partial charge in [0, 0.05) is 10.5 Å². The lowest BCUT2D eigenvalue weighted by Gasteiger charge is -2.28. The first-order valence-electron chi connectivity index (χ1n) is 7.81. The molecule has 1 aromatic rings. The summed E-state index contributed by atoms with van der Waals surface area (Å²) in [6, 6.07) is 6.77. The van der Waals surface area contributed by atoms with Crippen LogP contribution in [0, 0.1) is 5.92 Å². The lowest BCUT2D eigenvalue weighted by atomic mass is 9.83. The molecule has 0 saturated heterocycles. The zero-order chi connectivity index (χ0) is 14.4. The quantitative estimate of drug-likeness (QED) is 0.780. The van der Waals surface area contributed by atoms with Crippen molar-refractivity contribution in [2.24, 2.45) is 5.92 Å². The first-order valence-corrected chi connectivity index (χ1v) is 8.60. The highest BCUT2D eigenvalue weighted by molar-refractivity contribution is 9.10. The molecule has 1 atom stereocenters. The topological polar surface area (TPSA) is 21.3 Å². The second kappa shape index (κ2) is 8.04. The Kier molecular flexibility index (Phi) is 6.37. The number of hydrogen-bond acceptors (Lipinski definition) is 2. The third-order valence-corrected chi connectivity index (χ3v) is 5.01. The molecule has 2 nitrogen and oxygen atoms in total. The van der Waals surface area contributed by atoms with Gasteiger partial charge in [0.1, 0.15) is 5.75 Å². The van der Waals surface area contributed by atoms with Crippen molar-refractivity contribution in [3.8, 4) is 5.75 Å². The van der Waals surface area contributed by atoms with Gasteiger partial charge in [-0.1, -0.05) is 61.0 Å². The predicted molar refractivity (Wildman–Crippen MR) is 88.3 cm³/mol. The molecule has 1 N–H and O–H groups in total. The van der Waals surface area contributed by atoms with Crippen LogP contribution in [0.25, 0.3) is 0 Å². The highest BCUT2D eigenvalue weighted by Crippen LogP contribution is 2.35. The Hall–Kier alpha value is -0.540. The molecule has 20 heavy (non-hydrogen) atoms. The summed E-state index contributed by atoms with van der Waals surface area (Å²) in [5, 5.41) is 3.65.